The van der Waals surface area contributed by atoms with Crippen molar-refractivity contribution in [2.24, 2.45) is 0 Å². The van der Waals surface area contributed by atoms with Gasteiger partial charge in [-0.05, 0) is 6.92 Å². The Bertz CT molecular complexity index is 351. The molecule has 1 rings (SSSR count). The van der Waals surface area contributed by atoms with Crippen LogP contribution in [0.4, 0.5) is 0 Å². The number of hydrogen-bond acceptors (Lipinski definition) is 7. The summed E-state index contributed by atoms with van der Waals surface area (Å²) in [6, 6.07) is 0. The molecule has 1 aliphatic rings. The van der Waals surface area contributed by atoms with E-state index in [4.69, 9.17) is 14.9 Å². The van der Waals surface area contributed by atoms with Gasteiger partial charge in [0.15, 0.2) is 11.7 Å². The normalized spacial score (nSPS) is 35.8. The molecule has 0 bridgehead atoms. The molecular formula is C7H13O9P. The van der Waals surface area contributed by atoms with Gasteiger partial charge in [-0.2, -0.15) is 0 Å². The summed E-state index contributed by atoms with van der Waals surface area (Å²) in [6.45, 7) is 0.247. The van der Waals surface area contributed by atoms with Crippen LogP contribution in [0.5, 0.6) is 0 Å². The number of ether oxygens (including phenoxy) is 1. The number of aliphatic hydroxyl groups excluding tert-OH is 3. The van der Waals surface area contributed by atoms with Crippen molar-refractivity contribution in [1.29, 1.82) is 0 Å². The van der Waals surface area contributed by atoms with Gasteiger partial charge in [-0.15, -0.1) is 0 Å². The molecule has 100 valence electrons. The van der Waals surface area contributed by atoms with E-state index in [0.29, 0.717) is 0 Å². The molecule has 1 saturated heterocycles. The van der Waals surface area contributed by atoms with Crippen LogP contribution in [-0.2, 0) is 18.6 Å². The monoisotopic (exact) mass is 272 g/mol. The van der Waals surface area contributed by atoms with Crippen LogP contribution in [0.2, 0.25) is 0 Å². The number of rotatable bonds is 4. The van der Waals surface area contributed by atoms with Gasteiger partial charge in [-0.3, -0.25) is 4.52 Å². The first-order chi connectivity index (χ1) is 7.58. The number of hydrogen-bond donors (Lipinski definition) is 5. The summed E-state index contributed by atoms with van der Waals surface area (Å²) in [4.78, 5) is 27.8. The molecule has 17 heavy (non-hydrogen) atoms. The predicted molar refractivity (Wildman–Crippen MR) is 50.5 cm³/mol. The van der Waals surface area contributed by atoms with Crippen LogP contribution in [0, 0.1) is 0 Å². The number of esters is 1. The van der Waals surface area contributed by atoms with Crippen LogP contribution in [0.15, 0.2) is 0 Å². The fourth-order valence-electron chi connectivity index (χ4n) is 1.38. The molecule has 5 N–H and O–H groups in total. The van der Waals surface area contributed by atoms with Crippen molar-refractivity contribution in [3.63, 3.8) is 0 Å². The third-order valence-electron chi connectivity index (χ3n) is 2.51. The third-order valence-corrected chi connectivity index (χ3v) is 3.00. The Kier molecular flexibility index (Phi) is 3.94. The van der Waals surface area contributed by atoms with Gasteiger partial charge in [0.2, 0.25) is 0 Å². The zero-order valence-electron chi connectivity index (χ0n) is 8.76. The minimum Gasteiger partial charge on any atom is -0.452 e. The number of cyclic esters (lactones) is 1. The quantitative estimate of drug-likeness (QED) is 0.276. The molecule has 1 aliphatic heterocycles. The first-order valence-corrected chi connectivity index (χ1v) is 6.08. The highest BCUT2D eigenvalue weighted by Crippen LogP contribution is 2.38. The minimum atomic E-state index is -4.78. The maximum Gasteiger partial charge on any atom is 0.469 e. The molecule has 0 aromatic rings. The van der Waals surface area contributed by atoms with Crippen LogP contribution in [0.3, 0.4) is 0 Å². The van der Waals surface area contributed by atoms with Crippen molar-refractivity contribution in [2.45, 2.75) is 30.8 Å². The molecule has 3 unspecified atom stereocenters. The fourth-order valence-corrected chi connectivity index (χ4v) is 1.71. The van der Waals surface area contributed by atoms with Crippen molar-refractivity contribution in [2.75, 3.05) is 6.61 Å². The van der Waals surface area contributed by atoms with Crippen LogP contribution < -0.4 is 0 Å². The van der Waals surface area contributed by atoms with Crippen molar-refractivity contribution < 1.29 is 43.7 Å². The summed E-state index contributed by atoms with van der Waals surface area (Å²) in [5.74, 6) is -1.13. The SMILES string of the molecule is CC1([C@H](O)COP(=O)(O)O)OC(=O)C(O)C1O. The number of carbonyl (C=O) groups is 1. The molecule has 0 spiro atoms. The van der Waals surface area contributed by atoms with Gasteiger partial charge in [0.25, 0.3) is 0 Å². The Morgan fingerprint density at radius 2 is 2.06 bits per heavy atom. The summed E-state index contributed by atoms with van der Waals surface area (Å²) in [5, 5.41) is 28.2. The predicted octanol–water partition coefficient (Wildman–Crippen LogP) is -2.51. The van der Waals surface area contributed by atoms with Crippen molar-refractivity contribution in [3.8, 4) is 0 Å². The summed E-state index contributed by atoms with van der Waals surface area (Å²) >= 11 is 0. The molecule has 0 radical (unpaired) electrons. The Balaban J connectivity index is 2.71. The topological polar surface area (TPSA) is 154 Å². The fraction of sp³-hybridized carbons (Fsp3) is 0.857. The van der Waals surface area contributed by atoms with Crippen molar-refractivity contribution >= 4 is 13.8 Å². The van der Waals surface area contributed by atoms with E-state index in [1.54, 1.807) is 0 Å². The Morgan fingerprint density at radius 1 is 1.53 bits per heavy atom. The highest BCUT2D eigenvalue weighted by Gasteiger charge is 2.56. The van der Waals surface area contributed by atoms with Gasteiger partial charge in [0, 0.05) is 0 Å². The highest BCUT2D eigenvalue weighted by atomic mass is 31.2. The standard InChI is InChI=1S/C7H13O9P/c1-7(3(8)2-15-17(12,13)14)5(10)4(9)6(11)16-7/h3-5,8-10H,2H2,1H3,(H2,12,13,14)/t3-,4?,5?,7?/m1/s1. The molecule has 0 aliphatic carbocycles. The Hall–Kier alpha value is -0.540. The van der Waals surface area contributed by atoms with E-state index in [1.165, 1.54) is 0 Å². The van der Waals surface area contributed by atoms with Crippen LogP contribution in [0.25, 0.3) is 0 Å². The van der Waals surface area contributed by atoms with E-state index in [1.807, 2.05) is 0 Å². The lowest BCUT2D eigenvalue weighted by Crippen LogP contribution is -2.51. The van der Waals surface area contributed by atoms with Gasteiger partial charge < -0.3 is 29.8 Å². The maximum absolute atomic E-state index is 11.0. The van der Waals surface area contributed by atoms with E-state index >= 15 is 0 Å². The second-order valence-corrected chi connectivity index (χ2v) is 5.04. The minimum absolute atomic E-state index is 0.863. The Labute approximate surface area is 95.8 Å². The summed E-state index contributed by atoms with van der Waals surface area (Å²) < 4.78 is 19.0. The number of carbonyl (C=O) groups excluding carboxylic acids is 1. The zero-order chi connectivity index (χ0) is 13.4. The molecule has 9 nitrogen and oxygen atoms in total. The van der Waals surface area contributed by atoms with E-state index in [0.717, 1.165) is 6.92 Å². The van der Waals surface area contributed by atoms with Gasteiger partial charge >= 0.3 is 13.8 Å². The molecule has 0 saturated carbocycles. The van der Waals surface area contributed by atoms with Crippen LogP contribution >= 0.6 is 7.82 Å². The molecule has 0 aromatic carbocycles. The number of aliphatic hydroxyl groups is 3. The van der Waals surface area contributed by atoms with Crippen molar-refractivity contribution in [3.05, 3.63) is 0 Å². The summed E-state index contributed by atoms with van der Waals surface area (Å²) in [5.41, 5.74) is -1.88. The van der Waals surface area contributed by atoms with Gasteiger partial charge in [0.1, 0.15) is 12.2 Å². The molecule has 1 heterocycles. The first kappa shape index (κ1) is 14.5. The van der Waals surface area contributed by atoms with Crippen LogP contribution in [0.1, 0.15) is 6.92 Å². The molecule has 4 atom stereocenters. The molecule has 10 heteroatoms. The maximum atomic E-state index is 11.0. The van der Waals surface area contributed by atoms with Gasteiger partial charge in [-0.1, -0.05) is 0 Å². The smallest absolute Gasteiger partial charge is 0.452 e. The lowest BCUT2D eigenvalue weighted by atomic mass is 9.92. The molecule has 0 aromatic heterocycles. The largest absolute Gasteiger partial charge is 0.469 e. The molecule has 0 amide bonds. The highest BCUT2D eigenvalue weighted by molar-refractivity contribution is 7.46. The van der Waals surface area contributed by atoms with Crippen LogP contribution in [-0.4, -0.2) is 61.6 Å². The zero-order valence-corrected chi connectivity index (χ0v) is 9.65. The Morgan fingerprint density at radius 3 is 2.41 bits per heavy atom. The molecule has 1 fully saturated rings. The third kappa shape index (κ3) is 3.02. The lowest BCUT2D eigenvalue weighted by molar-refractivity contribution is -0.166. The van der Waals surface area contributed by atoms with E-state index < -0.39 is 44.3 Å². The second kappa shape index (κ2) is 4.62. The first-order valence-electron chi connectivity index (χ1n) is 4.55. The summed E-state index contributed by atoms with van der Waals surface area (Å²) in [7, 11) is -4.78. The summed E-state index contributed by atoms with van der Waals surface area (Å²) in [6.07, 6.45) is -5.23. The second-order valence-electron chi connectivity index (χ2n) is 3.80. The van der Waals surface area contributed by atoms with E-state index in [9.17, 15) is 19.6 Å². The van der Waals surface area contributed by atoms with E-state index in [-0.39, 0.29) is 0 Å². The average Bonchev–Trinajstić information content (AvgIpc) is 2.39. The van der Waals surface area contributed by atoms with E-state index in [2.05, 4.69) is 9.26 Å². The van der Waals surface area contributed by atoms with Gasteiger partial charge in [-0.25, -0.2) is 9.36 Å². The number of phosphoric acid groups is 1. The number of phosphoric ester groups is 1. The lowest BCUT2D eigenvalue weighted by Gasteiger charge is -2.31. The van der Waals surface area contributed by atoms with Crippen molar-refractivity contribution in [1.82, 2.24) is 0 Å². The molecular weight excluding hydrogens is 259 g/mol. The average molecular weight is 272 g/mol. The van der Waals surface area contributed by atoms with Gasteiger partial charge in [0.05, 0.1) is 6.61 Å².